The molecule has 0 unspecified atom stereocenters. The van der Waals surface area contributed by atoms with Gasteiger partial charge in [0.1, 0.15) is 0 Å². The van der Waals surface area contributed by atoms with E-state index in [-0.39, 0.29) is 5.54 Å². The van der Waals surface area contributed by atoms with Gasteiger partial charge in [0.2, 0.25) is 10.0 Å². The van der Waals surface area contributed by atoms with Crippen LogP contribution >= 0.6 is 0 Å². The summed E-state index contributed by atoms with van der Waals surface area (Å²) in [6.45, 7) is 13.0. The Balaban J connectivity index is 2.19. The summed E-state index contributed by atoms with van der Waals surface area (Å²) in [5.74, 6) is 0. The number of hydrogen-bond donors (Lipinski definition) is 0. The van der Waals surface area contributed by atoms with Crippen LogP contribution in [0.4, 0.5) is 0 Å². The minimum absolute atomic E-state index is 0.0743. The van der Waals surface area contributed by atoms with Gasteiger partial charge in [0.05, 0.1) is 6.26 Å². The molecule has 0 aromatic carbocycles. The van der Waals surface area contributed by atoms with E-state index in [4.69, 9.17) is 0 Å². The van der Waals surface area contributed by atoms with E-state index in [0.29, 0.717) is 25.2 Å². The molecule has 1 atom stereocenters. The van der Waals surface area contributed by atoms with E-state index in [1.165, 1.54) is 6.26 Å². The molecule has 2 saturated heterocycles. The van der Waals surface area contributed by atoms with Gasteiger partial charge in [0.25, 0.3) is 0 Å². The second-order valence-electron chi connectivity index (χ2n) is 6.80. The highest BCUT2D eigenvalue weighted by Gasteiger charge is 2.44. The highest BCUT2D eigenvalue weighted by Crippen LogP contribution is 2.29. The molecule has 0 aromatic heterocycles. The van der Waals surface area contributed by atoms with Crippen molar-refractivity contribution in [2.45, 2.75) is 45.3 Å². The maximum Gasteiger partial charge on any atom is 0.211 e. The fourth-order valence-electron chi connectivity index (χ4n) is 3.38. The fraction of sp³-hybridized carbons (Fsp3) is 1.00. The van der Waals surface area contributed by atoms with E-state index in [9.17, 15) is 8.42 Å². The zero-order valence-electron chi connectivity index (χ0n) is 12.8. The van der Waals surface area contributed by atoms with Gasteiger partial charge in [-0.1, -0.05) is 0 Å². The molecule has 2 aliphatic heterocycles. The van der Waals surface area contributed by atoms with Crippen molar-refractivity contribution in [1.82, 2.24) is 14.1 Å². The molecule has 2 fully saturated rings. The predicted molar refractivity (Wildman–Crippen MR) is 77.7 cm³/mol. The minimum atomic E-state index is -3.10. The number of rotatable bonds is 2. The van der Waals surface area contributed by atoms with Crippen molar-refractivity contribution in [3.8, 4) is 0 Å². The molecule has 0 saturated carbocycles. The highest BCUT2D eigenvalue weighted by atomic mass is 32.2. The summed E-state index contributed by atoms with van der Waals surface area (Å²) in [7, 11) is -3.10. The molecule has 0 aliphatic carbocycles. The summed E-state index contributed by atoms with van der Waals surface area (Å²) in [5, 5.41) is 0. The largest absolute Gasteiger partial charge is 0.298 e. The van der Waals surface area contributed by atoms with Gasteiger partial charge in [-0.15, -0.1) is 0 Å². The van der Waals surface area contributed by atoms with Crippen LogP contribution in [0.1, 0.15) is 27.7 Å². The zero-order valence-corrected chi connectivity index (χ0v) is 13.6. The first kappa shape index (κ1) is 15.2. The third-order valence-electron chi connectivity index (χ3n) is 4.47. The Kier molecular flexibility index (Phi) is 3.99. The number of hydrogen-bond acceptors (Lipinski definition) is 4. The molecule has 0 bridgehead atoms. The van der Waals surface area contributed by atoms with Gasteiger partial charge in [-0.05, 0) is 27.7 Å². The molecule has 2 rings (SSSR count). The fourth-order valence-corrected chi connectivity index (χ4v) is 4.37. The lowest BCUT2D eigenvalue weighted by atomic mass is 9.94. The summed E-state index contributed by atoms with van der Waals surface area (Å²) < 4.78 is 25.4. The Morgan fingerprint density at radius 1 is 1.16 bits per heavy atom. The minimum Gasteiger partial charge on any atom is -0.298 e. The molecule has 19 heavy (non-hydrogen) atoms. The van der Waals surface area contributed by atoms with Crippen molar-refractivity contribution < 1.29 is 8.42 Å². The molecule has 0 amide bonds. The normalized spacial score (nSPS) is 30.5. The maximum atomic E-state index is 11.9. The Morgan fingerprint density at radius 3 is 2.32 bits per heavy atom. The van der Waals surface area contributed by atoms with Crippen LogP contribution in [0.25, 0.3) is 0 Å². The Morgan fingerprint density at radius 2 is 1.79 bits per heavy atom. The van der Waals surface area contributed by atoms with E-state index in [1.807, 2.05) is 0 Å². The molecule has 0 N–H and O–H groups in total. The number of sulfonamides is 1. The summed E-state index contributed by atoms with van der Waals surface area (Å²) in [6, 6.07) is 0.841. The standard InChI is InChI=1S/C13H27N3O2S/c1-11(2)14-6-7-16-12(8-14)9-15(19(5,17)18)10-13(16,3)4/h11-12H,6-10H2,1-5H3/t12-/m0/s1. The topological polar surface area (TPSA) is 43.9 Å². The third-order valence-corrected chi connectivity index (χ3v) is 5.68. The Labute approximate surface area is 117 Å². The van der Waals surface area contributed by atoms with E-state index < -0.39 is 10.0 Å². The lowest BCUT2D eigenvalue weighted by Gasteiger charge is -2.55. The molecular weight excluding hydrogens is 262 g/mol. The predicted octanol–water partition coefficient (Wildman–Crippen LogP) is 0.435. The summed E-state index contributed by atoms with van der Waals surface area (Å²) >= 11 is 0. The SMILES string of the molecule is CC(C)N1CCN2[C@@H](C1)CN(S(C)(=O)=O)CC2(C)C. The molecule has 0 aromatic rings. The first-order valence-electron chi connectivity index (χ1n) is 7.07. The van der Waals surface area contributed by atoms with Gasteiger partial charge in [-0.3, -0.25) is 9.80 Å². The quantitative estimate of drug-likeness (QED) is 0.740. The lowest BCUT2D eigenvalue weighted by Crippen LogP contribution is -2.70. The van der Waals surface area contributed by atoms with Crippen molar-refractivity contribution in [2.75, 3.05) is 39.0 Å². The number of nitrogens with zero attached hydrogens (tertiary/aromatic N) is 3. The van der Waals surface area contributed by atoms with Gasteiger partial charge in [0, 0.05) is 50.3 Å². The Bertz CT molecular complexity index is 433. The van der Waals surface area contributed by atoms with Crippen LogP contribution in [0.15, 0.2) is 0 Å². The van der Waals surface area contributed by atoms with Gasteiger partial charge in [-0.2, -0.15) is 4.31 Å². The van der Waals surface area contributed by atoms with E-state index in [1.54, 1.807) is 4.31 Å². The van der Waals surface area contributed by atoms with Crippen LogP contribution < -0.4 is 0 Å². The lowest BCUT2D eigenvalue weighted by molar-refractivity contribution is -0.0496. The first-order valence-corrected chi connectivity index (χ1v) is 8.92. The summed E-state index contributed by atoms with van der Waals surface area (Å²) in [6.07, 6.45) is 1.32. The molecule has 6 heteroatoms. The molecule has 0 radical (unpaired) electrons. The second-order valence-corrected chi connectivity index (χ2v) is 8.79. The second kappa shape index (κ2) is 4.98. The van der Waals surface area contributed by atoms with Crippen LogP contribution in [0.5, 0.6) is 0 Å². The van der Waals surface area contributed by atoms with Crippen LogP contribution in [0.2, 0.25) is 0 Å². The first-order chi connectivity index (χ1) is 8.61. The molecule has 0 spiro atoms. The van der Waals surface area contributed by atoms with Crippen LogP contribution in [-0.2, 0) is 10.0 Å². The summed E-state index contributed by atoms with van der Waals surface area (Å²) in [5.41, 5.74) is -0.0743. The molecule has 2 aliphatic rings. The van der Waals surface area contributed by atoms with Crippen molar-refractivity contribution in [2.24, 2.45) is 0 Å². The van der Waals surface area contributed by atoms with Gasteiger partial charge in [0.15, 0.2) is 0 Å². The van der Waals surface area contributed by atoms with Crippen molar-refractivity contribution in [3.63, 3.8) is 0 Å². The number of fused-ring (bicyclic) bond motifs is 1. The van der Waals surface area contributed by atoms with Crippen molar-refractivity contribution >= 4 is 10.0 Å². The van der Waals surface area contributed by atoms with E-state index in [2.05, 4.69) is 37.5 Å². The van der Waals surface area contributed by atoms with Crippen LogP contribution in [0, 0.1) is 0 Å². The maximum absolute atomic E-state index is 11.9. The van der Waals surface area contributed by atoms with Gasteiger partial charge < -0.3 is 0 Å². The van der Waals surface area contributed by atoms with E-state index in [0.717, 1.165) is 19.6 Å². The van der Waals surface area contributed by atoms with E-state index >= 15 is 0 Å². The van der Waals surface area contributed by atoms with Crippen molar-refractivity contribution in [3.05, 3.63) is 0 Å². The Hall–Kier alpha value is -0.170. The average molecular weight is 289 g/mol. The molecule has 2 heterocycles. The average Bonchev–Trinajstić information content (AvgIpc) is 2.25. The monoisotopic (exact) mass is 289 g/mol. The van der Waals surface area contributed by atoms with Crippen LogP contribution in [0.3, 0.4) is 0 Å². The third kappa shape index (κ3) is 3.12. The zero-order chi connectivity index (χ0) is 14.4. The molecule has 5 nitrogen and oxygen atoms in total. The van der Waals surface area contributed by atoms with Gasteiger partial charge >= 0.3 is 0 Å². The highest BCUT2D eigenvalue weighted by molar-refractivity contribution is 7.88. The van der Waals surface area contributed by atoms with Gasteiger partial charge in [-0.25, -0.2) is 8.42 Å². The molecule has 112 valence electrons. The number of piperazine rings is 2. The van der Waals surface area contributed by atoms with Crippen molar-refractivity contribution in [1.29, 1.82) is 0 Å². The summed E-state index contributed by atoms with van der Waals surface area (Å²) in [4.78, 5) is 4.94. The molecular formula is C13H27N3O2S. The smallest absolute Gasteiger partial charge is 0.211 e. The van der Waals surface area contributed by atoms with Crippen LogP contribution in [-0.4, -0.2) is 79.1 Å².